The van der Waals surface area contributed by atoms with Crippen molar-refractivity contribution in [3.63, 3.8) is 0 Å². The minimum Gasteiger partial charge on any atom is -0.497 e. The number of hydrogen-bond donors (Lipinski definition) is 1. The monoisotopic (exact) mass is 557 g/mol. The Morgan fingerprint density at radius 2 is 1.79 bits per heavy atom. The molecule has 4 rings (SSSR count). The Kier molecular flexibility index (Phi) is 8.48. The number of nitrogens with one attached hydrogen (secondary N) is 1. The van der Waals surface area contributed by atoms with Gasteiger partial charge < -0.3 is 19.5 Å². The van der Waals surface area contributed by atoms with Crippen LogP contribution in [0.4, 0.5) is 0 Å². The summed E-state index contributed by atoms with van der Waals surface area (Å²) in [4.78, 5) is 40.8. The Labute approximate surface area is 231 Å². The number of carbonyl (C=O) groups excluding carboxylic acids is 3. The Morgan fingerprint density at radius 1 is 1.05 bits per heavy atom. The maximum atomic E-state index is 14.3. The first-order chi connectivity index (χ1) is 18.2. The van der Waals surface area contributed by atoms with Crippen LogP contribution in [0.25, 0.3) is 0 Å². The van der Waals surface area contributed by atoms with Crippen molar-refractivity contribution in [1.29, 1.82) is 0 Å². The van der Waals surface area contributed by atoms with Crippen LogP contribution >= 0.6 is 23.2 Å². The smallest absolute Gasteiger partial charge is 0.336 e. The van der Waals surface area contributed by atoms with E-state index in [4.69, 9.17) is 37.4 Å². The molecule has 1 aliphatic carbocycles. The molecule has 0 aromatic heterocycles. The fraction of sp³-hybridized carbons (Fsp3) is 0.345. The first-order valence-electron chi connectivity index (χ1n) is 12.4. The van der Waals surface area contributed by atoms with E-state index in [0.717, 1.165) is 5.56 Å². The topological polar surface area (TPSA) is 90.9 Å². The molecular formula is C29H29Cl2NO6. The number of hydrogen-bond acceptors (Lipinski definition) is 7. The van der Waals surface area contributed by atoms with Gasteiger partial charge in [-0.2, -0.15) is 0 Å². The summed E-state index contributed by atoms with van der Waals surface area (Å²) in [6.45, 7) is 5.44. The lowest BCUT2D eigenvalue weighted by Gasteiger charge is -2.39. The van der Waals surface area contributed by atoms with Crippen LogP contribution in [0.5, 0.6) is 5.75 Å². The average Bonchev–Trinajstić information content (AvgIpc) is 2.88. The van der Waals surface area contributed by atoms with Gasteiger partial charge in [-0.15, -0.1) is 0 Å². The second kappa shape index (κ2) is 11.6. The van der Waals surface area contributed by atoms with E-state index in [1.807, 2.05) is 18.2 Å². The molecule has 0 radical (unpaired) electrons. The molecule has 1 heterocycles. The van der Waals surface area contributed by atoms with Crippen LogP contribution in [-0.2, 0) is 23.9 Å². The van der Waals surface area contributed by atoms with Gasteiger partial charge in [0.25, 0.3) is 0 Å². The van der Waals surface area contributed by atoms with Crippen molar-refractivity contribution >= 4 is 40.9 Å². The van der Waals surface area contributed by atoms with Crippen LogP contribution < -0.4 is 10.1 Å². The number of rotatable bonds is 7. The Balaban J connectivity index is 1.93. The zero-order valence-corrected chi connectivity index (χ0v) is 23.1. The van der Waals surface area contributed by atoms with Crippen LogP contribution in [-0.4, -0.2) is 38.0 Å². The fourth-order valence-electron chi connectivity index (χ4n) is 5.25. The molecular weight excluding hydrogens is 529 g/mol. The fourth-order valence-corrected chi connectivity index (χ4v) is 5.77. The molecule has 0 unspecified atom stereocenters. The van der Waals surface area contributed by atoms with Crippen molar-refractivity contribution in [1.82, 2.24) is 5.32 Å². The van der Waals surface area contributed by atoms with E-state index in [1.165, 1.54) is 0 Å². The number of dihydropyridines is 1. The van der Waals surface area contributed by atoms with E-state index in [-0.39, 0.29) is 18.8 Å². The Bertz CT molecular complexity index is 1350. The highest BCUT2D eigenvalue weighted by Gasteiger charge is 2.49. The van der Waals surface area contributed by atoms with Crippen molar-refractivity contribution in [3.05, 3.63) is 86.2 Å². The van der Waals surface area contributed by atoms with Crippen molar-refractivity contribution in [2.45, 2.75) is 39.0 Å². The molecule has 0 bridgehead atoms. The summed E-state index contributed by atoms with van der Waals surface area (Å²) in [5.74, 6) is -3.52. The minimum atomic E-state index is -1.13. The molecule has 38 heavy (non-hydrogen) atoms. The first kappa shape index (κ1) is 27.7. The van der Waals surface area contributed by atoms with E-state index in [1.54, 1.807) is 52.1 Å². The highest BCUT2D eigenvalue weighted by atomic mass is 35.5. The third kappa shape index (κ3) is 5.18. The number of halogens is 2. The lowest BCUT2D eigenvalue weighted by atomic mass is 9.67. The summed E-state index contributed by atoms with van der Waals surface area (Å²) in [5.41, 5.74) is 2.99. The predicted octanol–water partition coefficient (Wildman–Crippen LogP) is 5.72. The van der Waals surface area contributed by atoms with E-state index in [9.17, 15) is 14.4 Å². The molecule has 9 heteroatoms. The normalized spacial score (nSPS) is 21.0. The van der Waals surface area contributed by atoms with E-state index >= 15 is 0 Å². The molecule has 1 aliphatic heterocycles. The summed E-state index contributed by atoms with van der Waals surface area (Å²) >= 11 is 12.8. The predicted molar refractivity (Wildman–Crippen MR) is 144 cm³/mol. The van der Waals surface area contributed by atoms with Gasteiger partial charge in [-0.25, -0.2) is 4.79 Å². The van der Waals surface area contributed by atoms with E-state index in [0.29, 0.717) is 44.7 Å². The quantitative estimate of drug-likeness (QED) is 0.344. The van der Waals surface area contributed by atoms with Crippen LogP contribution in [0.15, 0.2) is 65.0 Å². The van der Waals surface area contributed by atoms with Crippen molar-refractivity contribution in [2.75, 3.05) is 20.3 Å². The van der Waals surface area contributed by atoms with Crippen molar-refractivity contribution in [2.24, 2.45) is 5.92 Å². The lowest BCUT2D eigenvalue weighted by Crippen LogP contribution is -2.43. The molecule has 2 aliphatic rings. The third-order valence-electron chi connectivity index (χ3n) is 6.85. The van der Waals surface area contributed by atoms with Crippen molar-refractivity contribution < 1.29 is 28.6 Å². The molecule has 0 saturated carbocycles. The third-order valence-corrected chi connectivity index (χ3v) is 7.41. The maximum absolute atomic E-state index is 14.3. The Hall–Kier alpha value is -3.29. The number of ether oxygens (including phenoxy) is 3. The molecule has 0 amide bonds. The van der Waals surface area contributed by atoms with Crippen LogP contribution in [0, 0.1) is 5.92 Å². The SMILES string of the molecule is CCOC(=O)C1=C(C)NC2=C(C(=O)[C@H](C(=O)OCC)[C@H](c3cccc(OC)c3)C2)[C@@H]1c1ccc(Cl)cc1Cl. The van der Waals surface area contributed by atoms with Gasteiger partial charge >= 0.3 is 11.9 Å². The number of allylic oxidation sites excluding steroid dienone is 3. The highest BCUT2D eigenvalue weighted by molar-refractivity contribution is 6.35. The summed E-state index contributed by atoms with van der Waals surface area (Å²) in [6, 6.07) is 12.2. The maximum Gasteiger partial charge on any atom is 0.336 e. The van der Waals surface area contributed by atoms with Gasteiger partial charge in [-0.3, -0.25) is 9.59 Å². The number of benzene rings is 2. The lowest BCUT2D eigenvalue weighted by molar-refractivity contribution is -0.152. The van der Waals surface area contributed by atoms with E-state index in [2.05, 4.69) is 5.32 Å². The van der Waals surface area contributed by atoms with Crippen LogP contribution in [0.2, 0.25) is 10.0 Å². The number of carbonyl (C=O) groups is 3. The van der Waals surface area contributed by atoms with Gasteiger partial charge in [0, 0.05) is 38.8 Å². The second-order valence-corrected chi connectivity index (χ2v) is 9.90. The van der Waals surface area contributed by atoms with Gasteiger partial charge in [0.15, 0.2) is 5.78 Å². The summed E-state index contributed by atoms with van der Waals surface area (Å²) < 4.78 is 16.1. The van der Waals surface area contributed by atoms with Gasteiger partial charge in [0.1, 0.15) is 11.7 Å². The zero-order valence-electron chi connectivity index (χ0n) is 21.6. The first-order valence-corrected chi connectivity index (χ1v) is 13.1. The van der Waals surface area contributed by atoms with Crippen molar-refractivity contribution in [3.8, 4) is 5.75 Å². The second-order valence-electron chi connectivity index (χ2n) is 9.06. The Morgan fingerprint density at radius 3 is 2.45 bits per heavy atom. The number of ketones is 1. The number of esters is 2. The molecule has 1 N–H and O–H groups in total. The van der Waals surface area contributed by atoms with E-state index < -0.39 is 35.5 Å². The van der Waals surface area contributed by atoms with Gasteiger partial charge in [-0.05, 0) is 62.6 Å². The molecule has 7 nitrogen and oxygen atoms in total. The van der Waals surface area contributed by atoms with Crippen LogP contribution in [0.3, 0.4) is 0 Å². The molecule has 0 spiro atoms. The van der Waals surface area contributed by atoms with Gasteiger partial charge in [-0.1, -0.05) is 41.4 Å². The zero-order chi connectivity index (χ0) is 27.6. The summed E-state index contributed by atoms with van der Waals surface area (Å²) in [5, 5.41) is 3.98. The molecule has 0 saturated heterocycles. The van der Waals surface area contributed by atoms with Gasteiger partial charge in [0.05, 0.1) is 25.9 Å². The molecule has 0 fully saturated rings. The minimum absolute atomic E-state index is 0.122. The highest BCUT2D eigenvalue weighted by Crippen LogP contribution is 2.49. The van der Waals surface area contributed by atoms with Gasteiger partial charge in [0.2, 0.25) is 0 Å². The van der Waals surface area contributed by atoms with Crippen LogP contribution in [0.1, 0.15) is 50.2 Å². The largest absolute Gasteiger partial charge is 0.497 e. The molecule has 3 atom stereocenters. The molecule has 200 valence electrons. The number of Topliss-reactive ketones (excluding diaryl/α,β-unsaturated/α-hetero) is 1. The number of methoxy groups -OCH3 is 1. The standard InChI is InChI=1S/C29H29Cl2NO6/c1-5-37-28(34)23-15(3)32-22-14-20(16-8-7-9-18(12-16)36-4)25(29(35)38-6-2)27(33)26(22)24(23)19-11-10-17(30)13-21(19)31/h7-13,20,24-25,32H,5-6,14H2,1-4H3/t20-,24+,25+/m0/s1. The summed E-state index contributed by atoms with van der Waals surface area (Å²) in [6.07, 6.45) is 0.326. The summed E-state index contributed by atoms with van der Waals surface area (Å²) in [7, 11) is 1.56. The average molecular weight is 558 g/mol. The molecule has 2 aromatic carbocycles. The molecule has 2 aromatic rings.